The van der Waals surface area contributed by atoms with Crippen LogP contribution in [-0.4, -0.2) is 59.5 Å². The summed E-state index contributed by atoms with van der Waals surface area (Å²) in [5, 5.41) is 3.11. The molecule has 0 radical (unpaired) electrons. The van der Waals surface area contributed by atoms with E-state index in [1.54, 1.807) is 39.5 Å². The monoisotopic (exact) mass is 424 g/mol. The number of nitrogens with one attached hydrogen (secondary N) is 1. The van der Waals surface area contributed by atoms with Gasteiger partial charge in [0.25, 0.3) is 0 Å². The number of esters is 1. The van der Waals surface area contributed by atoms with Crippen molar-refractivity contribution in [2.24, 2.45) is 5.92 Å². The molecule has 0 aromatic carbocycles. The van der Waals surface area contributed by atoms with Gasteiger partial charge in [-0.1, -0.05) is 25.5 Å². The minimum absolute atomic E-state index is 0.124. The summed E-state index contributed by atoms with van der Waals surface area (Å²) in [5.41, 5.74) is -0.678. The molecule has 0 aromatic heterocycles. The first-order chi connectivity index (χ1) is 14.1. The third-order valence-corrected chi connectivity index (χ3v) is 5.24. The first-order valence-corrected chi connectivity index (χ1v) is 10.9. The van der Waals surface area contributed by atoms with Crippen LogP contribution in [0.5, 0.6) is 0 Å². The lowest BCUT2D eigenvalue weighted by Gasteiger charge is -2.32. The SMILES string of the molecule is CCC[C@H](N[C@@H](C)C(=O)N1C(OC(=O)OC(C)(C)C)CC2CC=CC21)C(=O)OCC. The molecule has 5 atom stereocenters. The Morgan fingerprint density at radius 2 is 1.93 bits per heavy atom. The van der Waals surface area contributed by atoms with Crippen LogP contribution < -0.4 is 5.32 Å². The lowest BCUT2D eigenvalue weighted by atomic mass is 10.0. The molecule has 0 aromatic rings. The summed E-state index contributed by atoms with van der Waals surface area (Å²) in [6, 6.07) is -1.32. The fourth-order valence-corrected chi connectivity index (χ4v) is 3.99. The van der Waals surface area contributed by atoms with Crippen LogP contribution in [0, 0.1) is 5.92 Å². The van der Waals surface area contributed by atoms with Gasteiger partial charge < -0.3 is 14.2 Å². The second kappa shape index (κ2) is 10.3. The molecule has 1 fully saturated rings. The highest BCUT2D eigenvalue weighted by atomic mass is 16.7. The van der Waals surface area contributed by atoms with Crippen LogP contribution in [-0.2, 0) is 23.8 Å². The summed E-state index contributed by atoms with van der Waals surface area (Å²) >= 11 is 0. The number of hydrogen-bond acceptors (Lipinski definition) is 7. The molecule has 1 saturated heterocycles. The Morgan fingerprint density at radius 3 is 2.53 bits per heavy atom. The lowest BCUT2D eigenvalue weighted by molar-refractivity contribution is -0.148. The predicted molar refractivity (Wildman–Crippen MR) is 112 cm³/mol. The second-order valence-corrected chi connectivity index (χ2v) is 8.91. The van der Waals surface area contributed by atoms with E-state index in [1.165, 1.54) is 0 Å². The van der Waals surface area contributed by atoms with E-state index >= 15 is 0 Å². The number of hydrogen-bond donors (Lipinski definition) is 1. The molecule has 1 heterocycles. The Hall–Kier alpha value is -2.09. The Balaban J connectivity index is 2.11. The van der Waals surface area contributed by atoms with Gasteiger partial charge in [-0.25, -0.2) is 4.79 Å². The van der Waals surface area contributed by atoms with Crippen LogP contribution in [0.2, 0.25) is 0 Å². The van der Waals surface area contributed by atoms with Crippen molar-refractivity contribution < 1.29 is 28.6 Å². The highest BCUT2D eigenvalue weighted by Crippen LogP contribution is 2.38. The van der Waals surface area contributed by atoms with E-state index in [1.807, 2.05) is 13.0 Å². The fourth-order valence-electron chi connectivity index (χ4n) is 3.99. The van der Waals surface area contributed by atoms with Gasteiger partial charge in [0, 0.05) is 6.42 Å². The molecule has 0 saturated carbocycles. The summed E-state index contributed by atoms with van der Waals surface area (Å²) in [6.07, 6.45) is 5.31. The molecular formula is C22H36N2O6. The third-order valence-electron chi connectivity index (χ3n) is 5.24. The molecule has 3 unspecified atom stereocenters. The maximum absolute atomic E-state index is 13.3. The number of allylic oxidation sites excluding steroid dienone is 1. The minimum Gasteiger partial charge on any atom is -0.465 e. The van der Waals surface area contributed by atoms with Gasteiger partial charge in [-0.05, 0) is 53.4 Å². The van der Waals surface area contributed by atoms with Crippen LogP contribution in [0.1, 0.15) is 67.2 Å². The number of fused-ring (bicyclic) bond motifs is 1. The Bertz CT molecular complexity index is 657. The molecule has 8 nitrogen and oxygen atoms in total. The highest BCUT2D eigenvalue weighted by Gasteiger charge is 2.47. The number of amides is 1. The summed E-state index contributed by atoms with van der Waals surface area (Å²) in [5.74, 6) is -0.362. The maximum Gasteiger partial charge on any atom is 0.510 e. The Labute approximate surface area is 179 Å². The average Bonchev–Trinajstić information content (AvgIpc) is 3.19. The first-order valence-electron chi connectivity index (χ1n) is 10.9. The van der Waals surface area contributed by atoms with Crippen LogP contribution in [0.15, 0.2) is 12.2 Å². The molecule has 1 amide bonds. The molecule has 30 heavy (non-hydrogen) atoms. The normalized spacial score (nSPS) is 24.9. The van der Waals surface area contributed by atoms with Crippen molar-refractivity contribution in [2.75, 3.05) is 6.61 Å². The van der Waals surface area contributed by atoms with Crippen molar-refractivity contribution in [3.8, 4) is 0 Å². The standard InChI is InChI=1S/C22H36N2O6/c1-7-10-16(20(26)28-8-2)23-14(3)19(25)24-17-12-9-11-15(17)13-18(24)29-21(27)30-22(4,5)6/h9,12,14-18,23H,7-8,10-11,13H2,1-6H3/t14-,15?,16-,17?,18?/m0/s1. The fraction of sp³-hybridized carbons (Fsp3) is 0.773. The molecule has 0 spiro atoms. The maximum atomic E-state index is 13.3. The second-order valence-electron chi connectivity index (χ2n) is 8.91. The largest absolute Gasteiger partial charge is 0.510 e. The number of ether oxygens (including phenoxy) is 3. The zero-order valence-corrected chi connectivity index (χ0v) is 19.0. The van der Waals surface area contributed by atoms with Crippen LogP contribution in [0.25, 0.3) is 0 Å². The quantitative estimate of drug-likeness (QED) is 0.472. The van der Waals surface area contributed by atoms with E-state index in [2.05, 4.69) is 11.4 Å². The molecule has 170 valence electrons. The molecule has 2 aliphatic rings. The molecule has 1 N–H and O–H groups in total. The number of rotatable bonds is 8. The van der Waals surface area contributed by atoms with Gasteiger partial charge in [-0.2, -0.15) is 0 Å². The zero-order valence-electron chi connectivity index (χ0n) is 19.0. The Kier molecular flexibility index (Phi) is 8.29. The molecule has 1 aliphatic heterocycles. The minimum atomic E-state index is -0.787. The predicted octanol–water partition coefficient (Wildman–Crippen LogP) is 3.15. The summed E-state index contributed by atoms with van der Waals surface area (Å²) < 4.78 is 15.9. The van der Waals surface area contributed by atoms with E-state index in [-0.39, 0.29) is 30.4 Å². The third kappa shape index (κ3) is 6.20. The first kappa shape index (κ1) is 24.2. The number of likely N-dealkylation sites (tertiary alicyclic amines) is 1. The summed E-state index contributed by atoms with van der Waals surface area (Å²) in [6.45, 7) is 11.0. The van der Waals surface area contributed by atoms with Crippen molar-refractivity contribution in [3.05, 3.63) is 12.2 Å². The molecule has 2 rings (SSSR count). The van der Waals surface area contributed by atoms with Gasteiger partial charge in [0.2, 0.25) is 5.91 Å². The Morgan fingerprint density at radius 1 is 1.23 bits per heavy atom. The van der Waals surface area contributed by atoms with Crippen LogP contribution in [0.3, 0.4) is 0 Å². The van der Waals surface area contributed by atoms with E-state index in [0.29, 0.717) is 12.8 Å². The van der Waals surface area contributed by atoms with E-state index in [0.717, 1.165) is 12.8 Å². The topological polar surface area (TPSA) is 94.2 Å². The van der Waals surface area contributed by atoms with Crippen molar-refractivity contribution >= 4 is 18.0 Å². The van der Waals surface area contributed by atoms with Gasteiger partial charge in [0.15, 0.2) is 6.23 Å². The van der Waals surface area contributed by atoms with Gasteiger partial charge in [0.05, 0.1) is 18.7 Å². The molecular weight excluding hydrogens is 388 g/mol. The number of carbonyl (C=O) groups excluding carboxylic acids is 3. The number of nitrogens with zero attached hydrogens (tertiary/aromatic N) is 1. The summed E-state index contributed by atoms with van der Waals surface area (Å²) in [7, 11) is 0. The van der Waals surface area contributed by atoms with E-state index in [9.17, 15) is 14.4 Å². The van der Waals surface area contributed by atoms with Crippen molar-refractivity contribution in [2.45, 2.75) is 97.2 Å². The molecule has 1 aliphatic carbocycles. The number of carbonyl (C=O) groups is 3. The van der Waals surface area contributed by atoms with Gasteiger partial charge >= 0.3 is 12.1 Å². The zero-order chi connectivity index (χ0) is 22.5. The van der Waals surface area contributed by atoms with Crippen molar-refractivity contribution in [1.82, 2.24) is 10.2 Å². The van der Waals surface area contributed by atoms with Gasteiger partial charge in [-0.15, -0.1) is 0 Å². The van der Waals surface area contributed by atoms with Crippen molar-refractivity contribution in [3.63, 3.8) is 0 Å². The van der Waals surface area contributed by atoms with Gasteiger partial charge in [-0.3, -0.25) is 19.8 Å². The smallest absolute Gasteiger partial charge is 0.465 e. The lowest BCUT2D eigenvalue weighted by Crippen LogP contribution is -2.54. The molecule has 8 heteroatoms. The van der Waals surface area contributed by atoms with E-state index < -0.39 is 30.1 Å². The van der Waals surface area contributed by atoms with E-state index in [4.69, 9.17) is 14.2 Å². The van der Waals surface area contributed by atoms with Crippen LogP contribution >= 0.6 is 0 Å². The van der Waals surface area contributed by atoms with Crippen molar-refractivity contribution in [1.29, 1.82) is 0 Å². The molecule has 0 bridgehead atoms. The highest BCUT2D eigenvalue weighted by molar-refractivity contribution is 5.84. The van der Waals surface area contributed by atoms with Crippen LogP contribution in [0.4, 0.5) is 4.79 Å². The van der Waals surface area contributed by atoms with Gasteiger partial charge in [0.1, 0.15) is 11.6 Å². The average molecular weight is 425 g/mol. The summed E-state index contributed by atoms with van der Waals surface area (Å²) in [4.78, 5) is 39.4.